The molecule has 0 aliphatic heterocycles. The van der Waals surface area contributed by atoms with Gasteiger partial charge in [-0.1, -0.05) is 12.1 Å². The van der Waals surface area contributed by atoms with Gasteiger partial charge in [0.05, 0.1) is 17.3 Å². The van der Waals surface area contributed by atoms with Crippen LogP contribution in [0.5, 0.6) is 0 Å². The number of aromatic amines is 1. The topological polar surface area (TPSA) is 121 Å². The lowest BCUT2D eigenvalue weighted by molar-refractivity contribution is -0.136. The summed E-state index contributed by atoms with van der Waals surface area (Å²) in [5.41, 5.74) is -0.598. The van der Waals surface area contributed by atoms with Crippen molar-refractivity contribution in [2.24, 2.45) is 0 Å². The van der Waals surface area contributed by atoms with Crippen molar-refractivity contribution in [1.82, 2.24) is 14.9 Å². The summed E-state index contributed by atoms with van der Waals surface area (Å²) in [6, 6.07) is 6.61. The minimum absolute atomic E-state index is 0.00949. The lowest BCUT2D eigenvalue weighted by Gasteiger charge is -2.09. The van der Waals surface area contributed by atoms with Crippen LogP contribution in [-0.2, 0) is 16.1 Å². The number of aromatic nitrogens is 2. The van der Waals surface area contributed by atoms with Crippen molar-refractivity contribution in [2.75, 3.05) is 6.54 Å². The second kappa shape index (κ2) is 6.70. The Morgan fingerprint density at radius 1 is 1.18 bits per heavy atom. The molecule has 0 spiro atoms. The molecule has 0 saturated heterocycles. The molecular weight excluding hydrogens is 290 g/mol. The van der Waals surface area contributed by atoms with E-state index in [0.717, 1.165) is 0 Å². The molecule has 3 N–H and O–H groups in total. The zero-order valence-corrected chi connectivity index (χ0v) is 11.7. The number of fused-ring (bicyclic) bond motifs is 1. The molecule has 1 amide bonds. The molecule has 0 aliphatic rings. The lowest BCUT2D eigenvalue weighted by atomic mass is 10.2. The van der Waals surface area contributed by atoms with E-state index in [2.05, 4.69) is 10.3 Å². The van der Waals surface area contributed by atoms with Gasteiger partial charge in [0, 0.05) is 19.5 Å². The number of rotatable bonds is 6. The molecule has 8 nitrogen and oxygen atoms in total. The highest BCUT2D eigenvalue weighted by Crippen LogP contribution is 2.06. The Labute approximate surface area is 124 Å². The van der Waals surface area contributed by atoms with Crippen LogP contribution in [0.3, 0.4) is 0 Å². The van der Waals surface area contributed by atoms with Gasteiger partial charge in [-0.25, -0.2) is 4.79 Å². The molecule has 1 heterocycles. The van der Waals surface area contributed by atoms with Crippen LogP contribution in [0.1, 0.15) is 12.8 Å². The first-order valence-electron chi connectivity index (χ1n) is 6.69. The van der Waals surface area contributed by atoms with E-state index in [-0.39, 0.29) is 31.8 Å². The minimum Gasteiger partial charge on any atom is -0.481 e. The summed E-state index contributed by atoms with van der Waals surface area (Å²) in [5.74, 6) is -1.36. The Bertz CT molecular complexity index is 821. The van der Waals surface area contributed by atoms with Gasteiger partial charge in [0.2, 0.25) is 5.91 Å². The number of aliphatic carboxylic acids is 1. The quantitative estimate of drug-likeness (QED) is 0.674. The van der Waals surface area contributed by atoms with Gasteiger partial charge in [-0.05, 0) is 12.1 Å². The van der Waals surface area contributed by atoms with Crippen molar-refractivity contribution in [3.05, 3.63) is 45.1 Å². The molecule has 0 fully saturated rings. The van der Waals surface area contributed by atoms with Gasteiger partial charge in [0.15, 0.2) is 0 Å². The number of carboxylic acid groups (broad SMARTS) is 1. The molecule has 22 heavy (non-hydrogen) atoms. The molecule has 0 radical (unpaired) electrons. The zero-order valence-electron chi connectivity index (χ0n) is 11.7. The summed E-state index contributed by atoms with van der Waals surface area (Å²) in [7, 11) is 0. The summed E-state index contributed by atoms with van der Waals surface area (Å²) < 4.78 is 1.31. The first-order chi connectivity index (χ1) is 10.5. The molecule has 0 atom stereocenters. The third-order valence-electron chi connectivity index (χ3n) is 3.13. The van der Waals surface area contributed by atoms with E-state index in [4.69, 9.17) is 5.11 Å². The lowest BCUT2D eigenvalue weighted by Crippen LogP contribution is -2.33. The third-order valence-corrected chi connectivity index (χ3v) is 3.13. The van der Waals surface area contributed by atoms with E-state index in [1.165, 1.54) is 4.57 Å². The molecule has 1 aromatic heterocycles. The van der Waals surface area contributed by atoms with Crippen molar-refractivity contribution >= 4 is 22.8 Å². The monoisotopic (exact) mass is 305 g/mol. The van der Waals surface area contributed by atoms with E-state index in [1.807, 2.05) is 0 Å². The maximum absolute atomic E-state index is 11.9. The van der Waals surface area contributed by atoms with Gasteiger partial charge in [0.25, 0.3) is 5.56 Å². The Balaban J connectivity index is 2.12. The number of carbonyl (C=O) groups excluding carboxylic acids is 1. The number of para-hydroxylation sites is 1. The number of nitrogens with zero attached hydrogens (tertiary/aromatic N) is 1. The largest absolute Gasteiger partial charge is 0.481 e. The zero-order chi connectivity index (χ0) is 16.1. The van der Waals surface area contributed by atoms with Crippen molar-refractivity contribution in [2.45, 2.75) is 19.4 Å². The van der Waals surface area contributed by atoms with Crippen LogP contribution in [-0.4, -0.2) is 33.1 Å². The van der Waals surface area contributed by atoms with E-state index < -0.39 is 17.2 Å². The van der Waals surface area contributed by atoms with Crippen LogP contribution in [0.2, 0.25) is 0 Å². The van der Waals surface area contributed by atoms with Crippen molar-refractivity contribution < 1.29 is 14.7 Å². The van der Waals surface area contributed by atoms with E-state index >= 15 is 0 Å². The molecular formula is C14H15N3O5. The second-order valence-corrected chi connectivity index (χ2v) is 4.67. The molecule has 0 aliphatic carbocycles. The molecule has 116 valence electrons. The van der Waals surface area contributed by atoms with Gasteiger partial charge in [-0.3, -0.25) is 23.9 Å². The van der Waals surface area contributed by atoms with Crippen LogP contribution >= 0.6 is 0 Å². The summed E-state index contributed by atoms with van der Waals surface area (Å²) in [6.07, 6.45) is -0.150. The van der Waals surface area contributed by atoms with Gasteiger partial charge in [-0.15, -0.1) is 0 Å². The number of aryl methyl sites for hydroxylation is 1. The predicted octanol–water partition coefficient (Wildman–Crippen LogP) is -0.329. The Morgan fingerprint density at radius 2 is 1.91 bits per heavy atom. The Kier molecular flexibility index (Phi) is 4.72. The molecule has 2 aromatic rings. The number of nitrogens with one attached hydrogen (secondary N) is 2. The van der Waals surface area contributed by atoms with Gasteiger partial charge < -0.3 is 10.4 Å². The molecule has 0 saturated carbocycles. The summed E-state index contributed by atoms with van der Waals surface area (Å²) in [6.45, 7) is 0.129. The van der Waals surface area contributed by atoms with Gasteiger partial charge in [-0.2, -0.15) is 0 Å². The van der Waals surface area contributed by atoms with Crippen LogP contribution in [0.25, 0.3) is 10.9 Å². The number of carbonyl (C=O) groups is 2. The smallest absolute Gasteiger partial charge is 0.328 e. The molecule has 0 unspecified atom stereocenters. The number of benzene rings is 1. The van der Waals surface area contributed by atoms with E-state index in [1.54, 1.807) is 24.3 Å². The first-order valence-corrected chi connectivity index (χ1v) is 6.69. The number of hydrogen-bond donors (Lipinski definition) is 3. The number of hydrogen-bond acceptors (Lipinski definition) is 4. The first kappa shape index (κ1) is 15.5. The van der Waals surface area contributed by atoms with Crippen LogP contribution in [0, 0.1) is 0 Å². The highest BCUT2D eigenvalue weighted by molar-refractivity contribution is 5.79. The highest BCUT2D eigenvalue weighted by Gasteiger charge is 2.09. The number of carboxylic acids is 1. The molecule has 0 bridgehead atoms. The summed E-state index contributed by atoms with van der Waals surface area (Å²) in [5, 5.41) is 11.3. The van der Waals surface area contributed by atoms with Gasteiger partial charge >= 0.3 is 11.7 Å². The average Bonchev–Trinajstić information content (AvgIpc) is 2.46. The fraction of sp³-hybridized carbons (Fsp3) is 0.286. The van der Waals surface area contributed by atoms with Crippen LogP contribution < -0.4 is 16.6 Å². The molecule has 2 rings (SSSR count). The van der Waals surface area contributed by atoms with Crippen molar-refractivity contribution in [3.63, 3.8) is 0 Å². The summed E-state index contributed by atoms with van der Waals surface area (Å²) in [4.78, 5) is 47.7. The average molecular weight is 305 g/mol. The van der Waals surface area contributed by atoms with Gasteiger partial charge in [0.1, 0.15) is 0 Å². The molecule has 8 heteroatoms. The van der Waals surface area contributed by atoms with Crippen molar-refractivity contribution in [3.8, 4) is 0 Å². The van der Waals surface area contributed by atoms with E-state index in [9.17, 15) is 19.2 Å². The fourth-order valence-corrected chi connectivity index (χ4v) is 2.07. The van der Waals surface area contributed by atoms with E-state index in [0.29, 0.717) is 10.9 Å². The number of amides is 1. The van der Waals surface area contributed by atoms with Crippen LogP contribution in [0.4, 0.5) is 0 Å². The standard InChI is InChI=1S/C14H15N3O5/c18-11(15-7-5-12(19)20)6-8-17-10-4-2-1-3-9(10)13(21)16-14(17)22/h1-4H,5-8H2,(H,15,18)(H,19,20)(H,16,21,22). The Hall–Kier alpha value is -2.90. The van der Waals surface area contributed by atoms with Crippen molar-refractivity contribution in [1.29, 1.82) is 0 Å². The SMILES string of the molecule is O=C(O)CCNC(=O)CCn1c(=O)[nH]c(=O)c2ccccc21. The normalized spacial score (nSPS) is 10.5. The van der Waals surface area contributed by atoms with Crippen LogP contribution in [0.15, 0.2) is 33.9 Å². The maximum Gasteiger partial charge on any atom is 0.328 e. The highest BCUT2D eigenvalue weighted by atomic mass is 16.4. The predicted molar refractivity (Wildman–Crippen MR) is 78.7 cm³/mol. The molecule has 1 aromatic carbocycles. The maximum atomic E-state index is 11.9. The summed E-state index contributed by atoms with van der Waals surface area (Å²) >= 11 is 0. The Morgan fingerprint density at radius 3 is 2.64 bits per heavy atom. The second-order valence-electron chi connectivity index (χ2n) is 4.67. The third kappa shape index (κ3) is 3.60. The minimum atomic E-state index is -0.997. The fourth-order valence-electron chi connectivity index (χ4n) is 2.07. The number of H-pyrrole nitrogens is 1.